The first-order chi connectivity index (χ1) is 15.2. The smallest absolute Gasteiger partial charge is 0.243 e. The second kappa shape index (κ2) is 10.3. The van der Waals surface area contributed by atoms with Gasteiger partial charge in [0.1, 0.15) is 12.4 Å². The Bertz CT molecular complexity index is 1120. The van der Waals surface area contributed by atoms with Crippen LogP contribution < -0.4 is 4.74 Å². The van der Waals surface area contributed by atoms with E-state index in [4.69, 9.17) is 9.47 Å². The Hall–Kier alpha value is -1.98. The second-order valence-electron chi connectivity index (χ2n) is 7.57. The molecule has 1 aliphatic heterocycles. The molecule has 32 heavy (non-hydrogen) atoms. The molecule has 1 heterocycles. The van der Waals surface area contributed by atoms with E-state index in [0.717, 1.165) is 11.1 Å². The fraction of sp³-hybridized carbons (Fsp3) is 0.455. The van der Waals surface area contributed by atoms with Crippen LogP contribution in [0.5, 0.6) is 5.75 Å². The summed E-state index contributed by atoms with van der Waals surface area (Å²) in [5.74, 6) is 0.563. The average Bonchev–Trinajstić information content (AvgIpc) is 2.79. The van der Waals surface area contributed by atoms with Crippen LogP contribution in [0.25, 0.3) is 0 Å². The quantitative estimate of drug-likeness (QED) is 0.510. The van der Waals surface area contributed by atoms with Gasteiger partial charge in [-0.25, -0.2) is 16.8 Å². The summed E-state index contributed by atoms with van der Waals surface area (Å²) < 4.78 is 65.4. The van der Waals surface area contributed by atoms with Gasteiger partial charge in [-0.05, 0) is 68.3 Å². The van der Waals surface area contributed by atoms with E-state index in [0.29, 0.717) is 25.6 Å². The summed E-state index contributed by atoms with van der Waals surface area (Å²) in [7, 11) is -7.39. The third-order valence-electron chi connectivity index (χ3n) is 5.48. The van der Waals surface area contributed by atoms with Gasteiger partial charge < -0.3 is 9.47 Å². The molecule has 2 aromatic carbocycles. The molecule has 3 rings (SSSR count). The molecule has 0 aliphatic carbocycles. The summed E-state index contributed by atoms with van der Waals surface area (Å²) in [6.45, 7) is 7.56. The Morgan fingerprint density at radius 3 is 1.81 bits per heavy atom. The van der Waals surface area contributed by atoms with Crippen molar-refractivity contribution in [1.82, 2.24) is 8.61 Å². The van der Waals surface area contributed by atoms with Gasteiger partial charge in [0.25, 0.3) is 0 Å². The lowest BCUT2D eigenvalue weighted by molar-refractivity contribution is 0.110. The average molecular weight is 483 g/mol. The van der Waals surface area contributed by atoms with Crippen LogP contribution in [0.1, 0.15) is 18.1 Å². The van der Waals surface area contributed by atoms with Crippen molar-refractivity contribution in [1.29, 1.82) is 0 Å². The van der Waals surface area contributed by atoms with Gasteiger partial charge in [-0.1, -0.05) is 6.07 Å². The number of nitrogens with zero attached hydrogens (tertiary/aromatic N) is 2. The molecule has 176 valence electrons. The highest BCUT2D eigenvalue weighted by Gasteiger charge is 2.33. The van der Waals surface area contributed by atoms with Crippen molar-refractivity contribution < 1.29 is 26.3 Å². The molecule has 2 aromatic rings. The van der Waals surface area contributed by atoms with Gasteiger partial charge in [-0.2, -0.15) is 8.61 Å². The van der Waals surface area contributed by atoms with E-state index in [1.54, 1.807) is 30.3 Å². The monoisotopic (exact) mass is 482 g/mol. The van der Waals surface area contributed by atoms with Gasteiger partial charge in [-0.15, -0.1) is 0 Å². The summed E-state index contributed by atoms with van der Waals surface area (Å²) in [5, 5.41) is 0. The highest BCUT2D eigenvalue weighted by atomic mass is 32.2. The van der Waals surface area contributed by atoms with Crippen molar-refractivity contribution >= 4 is 20.0 Å². The highest BCUT2D eigenvalue weighted by Crippen LogP contribution is 2.24. The van der Waals surface area contributed by atoms with Crippen LogP contribution >= 0.6 is 0 Å². The van der Waals surface area contributed by atoms with Gasteiger partial charge in [-0.3, -0.25) is 0 Å². The van der Waals surface area contributed by atoms with Crippen molar-refractivity contribution in [2.45, 2.75) is 30.6 Å². The maximum absolute atomic E-state index is 13.0. The number of sulfonamides is 2. The first-order valence-corrected chi connectivity index (χ1v) is 13.4. The van der Waals surface area contributed by atoms with Crippen LogP contribution in [-0.2, 0) is 24.8 Å². The third kappa shape index (κ3) is 5.49. The topological polar surface area (TPSA) is 93.2 Å². The summed E-state index contributed by atoms with van der Waals surface area (Å²) in [6.07, 6.45) is 0. The molecule has 0 unspecified atom stereocenters. The second-order valence-corrected chi connectivity index (χ2v) is 11.4. The molecule has 1 fully saturated rings. The van der Waals surface area contributed by atoms with E-state index in [1.165, 1.54) is 20.7 Å². The normalized spacial score (nSPS) is 16.2. The summed E-state index contributed by atoms with van der Waals surface area (Å²) in [6, 6.07) is 11.3. The van der Waals surface area contributed by atoms with Crippen LogP contribution in [0.3, 0.4) is 0 Å². The summed E-state index contributed by atoms with van der Waals surface area (Å²) in [4.78, 5) is 0.386. The number of benzene rings is 2. The Labute approximate surface area is 190 Å². The lowest BCUT2D eigenvalue weighted by Crippen LogP contribution is -2.50. The predicted octanol–water partition coefficient (Wildman–Crippen LogP) is 2.41. The minimum absolute atomic E-state index is 0.0962. The molecule has 0 amide bonds. The number of piperazine rings is 1. The van der Waals surface area contributed by atoms with Crippen molar-refractivity contribution in [3.05, 3.63) is 53.6 Å². The minimum Gasteiger partial charge on any atom is -0.491 e. The Morgan fingerprint density at radius 2 is 1.28 bits per heavy atom. The van der Waals surface area contributed by atoms with E-state index in [-0.39, 0.29) is 36.0 Å². The first-order valence-electron chi connectivity index (χ1n) is 10.5. The van der Waals surface area contributed by atoms with Crippen molar-refractivity contribution in [3.63, 3.8) is 0 Å². The largest absolute Gasteiger partial charge is 0.491 e. The molecule has 8 nitrogen and oxygen atoms in total. The van der Waals surface area contributed by atoms with E-state index in [2.05, 4.69) is 0 Å². The molecule has 0 bridgehead atoms. The summed E-state index contributed by atoms with van der Waals surface area (Å²) >= 11 is 0. The zero-order valence-electron chi connectivity index (χ0n) is 18.7. The van der Waals surface area contributed by atoms with Crippen LogP contribution in [0, 0.1) is 13.8 Å². The third-order valence-corrected chi connectivity index (χ3v) is 9.28. The van der Waals surface area contributed by atoms with Crippen molar-refractivity contribution in [2.24, 2.45) is 0 Å². The Morgan fingerprint density at radius 1 is 0.750 bits per heavy atom. The van der Waals surface area contributed by atoms with E-state index in [9.17, 15) is 16.8 Å². The molecule has 0 spiro atoms. The summed E-state index contributed by atoms with van der Waals surface area (Å²) in [5.41, 5.74) is 1.92. The fourth-order valence-electron chi connectivity index (χ4n) is 3.39. The highest BCUT2D eigenvalue weighted by molar-refractivity contribution is 7.89. The lowest BCUT2D eigenvalue weighted by atomic mass is 10.1. The SMILES string of the molecule is CCOCCOc1ccc(S(=O)(=O)N2CCN(S(=O)(=O)c3ccc(C)c(C)c3)CC2)cc1. The molecule has 10 heteroatoms. The number of rotatable bonds is 9. The van der Waals surface area contributed by atoms with Gasteiger partial charge >= 0.3 is 0 Å². The molecule has 0 atom stereocenters. The number of aryl methyl sites for hydroxylation is 2. The molecule has 0 radical (unpaired) electrons. The van der Waals surface area contributed by atoms with E-state index < -0.39 is 20.0 Å². The molecule has 1 saturated heterocycles. The molecular weight excluding hydrogens is 452 g/mol. The Kier molecular flexibility index (Phi) is 7.94. The number of hydrogen-bond donors (Lipinski definition) is 0. The standard InChI is InChI=1S/C22H30N2O6S2/c1-4-29-15-16-30-20-6-9-21(10-7-20)31(25,26)23-11-13-24(14-12-23)32(27,28)22-8-5-18(2)19(3)17-22/h5-10,17H,4,11-16H2,1-3H3. The Balaban J connectivity index is 1.64. The van der Waals surface area contributed by atoms with Crippen molar-refractivity contribution in [2.75, 3.05) is 46.0 Å². The van der Waals surface area contributed by atoms with Crippen LogP contribution in [-0.4, -0.2) is 71.4 Å². The fourth-order valence-corrected chi connectivity index (χ4v) is 6.32. The molecule has 1 aliphatic rings. The lowest BCUT2D eigenvalue weighted by Gasteiger charge is -2.33. The van der Waals surface area contributed by atoms with Crippen LogP contribution in [0.15, 0.2) is 52.3 Å². The minimum atomic E-state index is -3.72. The molecule has 0 saturated carbocycles. The van der Waals surface area contributed by atoms with E-state index >= 15 is 0 Å². The van der Waals surface area contributed by atoms with Gasteiger partial charge in [0, 0.05) is 32.8 Å². The maximum Gasteiger partial charge on any atom is 0.243 e. The molecule has 0 N–H and O–H groups in total. The van der Waals surface area contributed by atoms with Crippen LogP contribution in [0.2, 0.25) is 0 Å². The van der Waals surface area contributed by atoms with Crippen LogP contribution in [0.4, 0.5) is 0 Å². The van der Waals surface area contributed by atoms with Crippen molar-refractivity contribution in [3.8, 4) is 5.75 Å². The number of hydrogen-bond acceptors (Lipinski definition) is 6. The van der Waals surface area contributed by atoms with Gasteiger partial charge in [0.2, 0.25) is 20.0 Å². The predicted molar refractivity (Wildman–Crippen MR) is 122 cm³/mol. The zero-order chi connectivity index (χ0) is 23.4. The first kappa shape index (κ1) is 24.7. The number of ether oxygens (including phenoxy) is 2. The van der Waals surface area contributed by atoms with Gasteiger partial charge in [0.15, 0.2) is 0 Å². The molecule has 0 aromatic heterocycles. The zero-order valence-corrected chi connectivity index (χ0v) is 20.3. The molecular formula is C22H30N2O6S2. The maximum atomic E-state index is 13.0. The van der Waals surface area contributed by atoms with Gasteiger partial charge in [0.05, 0.1) is 16.4 Å². The van der Waals surface area contributed by atoms with E-state index in [1.807, 2.05) is 20.8 Å².